The van der Waals surface area contributed by atoms with Gasteiger partial charge in [0.2, 0.25) is 6.10 Å². The van der Waals surface area contributed by atoms with Crippen LogP contribution in [0, 0.1) is 11.6 Å². The molecule has 1 aromatic rings. The van der Waals surface area contributed by atoms with Crippen LogP contribution in [-0.4, -0.2) is 25.3 Å². The average molecular weight is 244 g/mol. The summed E-state index contributed by atoms with van der Waals surface area (Å²) in [5.41, 5.74) is 0. The van der Waals surface area contributed by atoms with Gasteiger partial charge in [-0.15, -0.1) is 0 Å². The molecule has 1 aliphatic heterocycles. The molecule has 0 radical (unpaired) electrons. The van der Waals surface area contributed by atoms with Crippen LogP contribution in [-0.2, 0) is 9.53 Å². The minimum absolute atomic E-state index is 0.00629. The molecule has 2 rings (SSSR count). The van der Waals surface area contributed by atoms with Gasteiger partial charge in [0, 0.05) is 12.1 Å². The fraction of sp³-hybridized carbons (Fsp3) is 0.364. The predicted octanol–water partition coefficient (Wildman–Crippen LogP) is 1.67. The molecule has 0 saturated heterocycles. The van der Waals surface area contributed by atoms with Gasteiger partial charge in [0.05, 0.1) is 6.61 Å². The molecular weight excluding hydrogens is 234 g/mol. The Balaban J connectivity index is 2.18. The van der Waals surface area contributed by atoms with Crippen molar-refractivity contribution >= 4 is 5.97 Å². The summed E-state index contributed by atoms with van der Waals surface area (Å²) in [6.45, 7) is 1.78. The summed E-state index contributed by atoms with van der Waals surface area (Å²) in [5, 5.41) is 0. The van der Waals surface area contributed by atoms with E-state index in [-0.39, 0.29) is 24.7 Å². The minimum atomic E-state index is -1.06. The Labute approximate surface area is 96.1 Å². The lowest BCUT2D eigenvalue weighted by molar-refractivity contribution is -0.153. The number of ether oxygens (including phenoxy) is 3. The maximum Gasteiger partial charge on any atom is 0.350 e. The summed E-state index contributed by atoms with van der Waals surface area (Å²) in [7, 11) is 0. The first kappa shape index (κ1) is 11.6. The van der Waals surface area contributed by atoms with Crippen LogP contribution in [0.5, 0.6) is 11.5 Å². The number of esters is 1. The average Bonchev–Trinajstić information content (AvgIpc) is 2.30. The molecule has 0 fully saturated rings. The van der Waals surface area contributed by atoms with Gasteiger partial charge in [-0.3, -0.25) is 0 Å². The Morgan fingerprint density at radius 3 is 2.71 bits per heavy atom. The Hall–Kier alpha value is -1.85. The number of halogens is 2. The molecule has 1 aliphatic rings. The zero-order valence-electron chi connectivity index (χ0n) is 9.04. The van der Waals surface area contributed by atoms with E-state index in [9.17, 15) is 13.6 Å². The van der Waals surface area contributed by atoms with Crippen molar-refractivity contribution in [3.63, 3.8) is 0 Å². The molecule has 0 bridgehead atoms. The van der Waals surface area contributed by atoms with Crippen molar-refractivity contribution in [3.8, 4) is 11.5 Å². The summed E-state index contributed by atoms with van der Waals surface area (Å²) in [6.07, 6.45) is -0.952. The van der Waals surface area contributed by atoms with Gasteiger partial charge in [-0.05, 0) is 6.92 Å². The van der Waals surface area contributed by atoms with Gasteiger partial charge in [-0.2, -0.15) is 0 Å². The van der Waals surface area contributed by atoms with Crippen LogP contribution >= 0.6 is 0 Å². The van der Waals surface area contributed by atoms with Gasteiger partial charge in [0.15, 0.2) is 23.1 Å². The number of fused-ring (bicyclic) bond motifs is 1. The van der Waals surface area contributed by atoms with Crippen LogP contribution in [0.2, 0.25) is 0 Å². The van der Waals surface area contributed by atoms with Crippen LogP contribution in [0.4, 0.5) is 8.78 Å². The first-order chi connectivity index (χ1) is 8.11. The van der Waals surface area contributed by atoms with E-state index in [0.717, 1.165) is 12.1 Å². The Bertz CT molecular complexity index is 447. The SMILES string of the molecule is CCOC(=O)C1COc2cc(F)c(F)cc2O1. The van der Waals surface area contributed by atoms with Crippen molar-refractivity contribution in [2.45, 2.75) is 13.0 Å². The fourth-order valence-corrected chi connectivity index (χ4v) is 1.42. The maximum absolute atomic E-state index is 13.0. The van der Waals surface area contributed by atoms with Crippen LogP contribution in [0.3, 0.4) is 0 Å². The number of carbonyl (C=O) groups excluding carboxylic acids is 1. The highest BCUT2D eigenvalue weighted by Crippen LogP contribution is 2.33. The third-order valence-corrected chi connectivity index (χ3v) is 2.20. The van der Waals surface area contributed by atoms with E-state index >= 15 is 0 Å². The van der Waals surface area contributed by atoms with Gasteiger partial charge in [0.25, 0.3) is 0 Å². The predicted molar refractivity (Wildman–Crippen MR) is 52.9 cm³/mol. The third-order valence-electron chi connectivity index (χ3n) is 2.20. The molecule has 0 N–H and O–H groups in total. The van der Waals surface area contributed by atoms with Crippen LogP contribution in [0.1, 0.15) is 6.92 Å². The fourth-order valence-electron chi connectivity index (χ4n) is 1.42. The first-order valence-corrected chi connectivity index (χ1v) is 5.07. The highest BCUT2D eigenvalue weighted by molar-refractivity contribution is 5.75. The van der Waals surface area contributed by atoms with Gasteiger partial charge in [-0.1, -0.05) is 0 Å². The number of rotatable bonds is 2. The van der Waals surface area contributed by atoms with E-state index < -0.39 is 23.7 Å². The Kier molecular flexibility index (Phi) is 3.12. The van der Waals surface area contributed by atoms with Gasteiger partial charge >= 0.3 is 5.97 Å². The van der Waals surface area contributed by atoms with Crippen LogP contribution < -0.4 is 9.47 Å². The van der Waals surface area contributed by atoms with Crippen LogP contribution in [0.25, 0.3) is 0 Å². The highest BCUT2D eigenvalue weighted by Gasteiger charge is 2.29. The van der Waals surface area contributed by atoms with E-state index in [1.54, 1.807) is 6.92 Å². The van der Waals surface area contributed by atoms with E-state index in [4.69, 9.17) is 14.2 Å². The molecule has 17 heavy (non-hydrogen) atoms. The molecule has 1 aromatic carbocycles. The lowest BCUT2D eigenvalue weighted by Crippen LogP contribution is -2.37. The molecule has 0 aromatic heterocycles. The van der Waals surface area contributed by atoms with Crippen LogP contribution in [0.15, 0.2) is 12.1 Å². The Morgan fingerprint density at radius 1 is 1.41 bits per heavy atom. The van der Waals surface area contributed by atoms with Gasteiger partial charge < -0.3 is 14.2 Å². The summed E-state index contributed by atoms with van der Waals surface area (Å²) < 4.78 is 40.9. The summed E-state index contributed by atoms with van der Waals surface area (Å²) >= 11 is 0. The third kappa shape index (κ3) is 2.30. The summed E-state index contributed by atoms with van der Waals surface area (Å²) in [6, 6.07) is 1.72. The second-order valence-electron chi connectivity index (χ2n) is 3.38. The quantitative estimate of drug-likeness (QED) is 0.742. The van der Waals surface area contributed by atoms with Crippen molar-refractivity contribution in [3.05, 3.63) is 23.8 Å². The van der Waals surface area contributed by atoms with Crippen molar-refractivity contribution < 1.29 is 27.8 Å². The standard InChI is InChI=1S/C11H10F2O4/c1-2-15-11(14)10-5-16-8-3-6(12)7(13)4-9(8)17-10/h3-4,10H,2,5H2,1H3. The second-order valence-corrected chi connectivity index (χ2v) is 3.38. The number of hydrogen-bond donors (Lipinski definition) is 0. The van der Waals surface area contributed by atoms with Crippen molar-refractivity contribution in [2.75, 3.05) is 13.2 Å². The molecule has 4 nitrogen and oxygen atoms in total. The van der Waals surface area contributed by atoms with E-state index in [1.165, 1.54) is 0 Å². The molecule has 1 atom stereocenters. The zero-order valence-corrected chi connectivity index (χ0v) is 9.04. The molecule has 0 saturated carbocycles. The molecule has 0 spiro atoms. The largest absolute Gasteiger partial charge is 0.485 e. The smallest absolute Gasteiger partial charge is 0.350 e. The lowest BCUT2D eigenvalue weighted by Gasteiger charge is -2.24. The van der Waals surface area contributed by atoms with E-state index in [1.807, 2.05) is 0 Å². The molecule has 92 valence electrons. The topological polar surface area (TPSA) is 44.8 Å². The van der Waals surface area contributed by atoms with Crippen molar-refractivity contribution in [1.29, 1.82) is 0 Å². The lowest BCUT2D eigenvalue weighted by atomic mass is 10.2. The molecule has 0 amide bonds. The van der Waals surface area contributed by atoms with Gasteiger partial charge in [0.1, 0.15) is 6.61 Å². The normalized spacial score (nSPS) is 17.7. The molecule has 1 unspecified atom stereocenters. The highest BCUT2D eigenvalue weighted by atomic mass is 19.2. The van der Waals surface area contributed by atoms with E-state index in [0.29, 0.717) is 0 Å². The number of carbonyl (C=O) groups is 1. The monoisotopic (exact) mass is 244 g/mol. The minimum Gasteiger partial charge on any atom is -0.485 e. The maximum atomic E-state index is 13.0. The molecular formula is C11H10F2O4. The number of hydrogen-bond acceptors (Lipinski definition) is 4. The summed E-state index contributed by atoms with van der Waals surface area (Å²) in [4.78, 5) is 11.4. The Morgan fingerprint density at radius 2 is 2.06 bits per heavy atom. The summed E-state index contributed by atoms with van der Waals surface area (Å²) in [5.74, 6) is -2.61. The molecule has 6 heteroatoms. The van der Waals surface area contributed by atoms with E-state index in [2.05, 4.69) is 0 Å². The molecule has 1 heterocycles. The van der Waals surface area contributed by atoms with Crippen molar-refractivity contribution in [2.24, 2.45) is 0 Å². The number of benzene rings is 1. The van der Waals surface area contributed by atoms with Crippen molar-refractivity contribution in [1.82, 2.24) is 0 Å². The first-order valence-electron chi connectivity index (χ1n) is 5.07. The van der Waals surface area contributed by atoms with Gasteiger partial charge in [-0.25, -0.2) is 13.6 Å². The molecule has 0 aliphatic carbocycles. The second kappa shape index (κ2) is 4.57. The zero-order chi connectivity index (χ0) is 12.4.